The largest absolute Gasteiger partial charge is 0.490 e. The lowest BCUT2D eigenvalue weighted by Crippen LogP contribution is -2.33. The molecule has 1 aliphatic rings. The molecular weight excluding hydrogens is 350 g/mol. The van der Waals surface area contributed by atoms with E-state index in [1.165, 1.54) is 5.56 Å². The van der Waals surface area contributed by atoms with E-state index in [9.17, 15) is 4.79 Å². The summed E-state index contributed by atoms with van der Waals surface area (Å²) in [4.78, 5) is 11.1. The maximum absolute atomic E-state index is 11.1. The van der Waals surface area contributed by atoms with Gasteiger partial charge in [0.25, 0.3) is 0 Å². The van der Waals surface area contributed by atoms with E-state index < -0.39 is 12.0 Å². The number of aliphatic carboxylic acids is 1. The van der Waals surface area contributed by atoms with Crippen LogP contribution in [0.4, 0.5) is 0 Å². The summed E-state index contributed by atoms with van der Waals surface area (Å²) in [5.74, 6) is 1.11. The van der Waals surface area contributed by atoms with E-state index in [1.807, 2.05) is 37.3 Å². The zero-order valence-corrected chi connectivity index (χ0v) is 15.7. The molecule has 0 spiro atoms. The molecule has 0 bridgehead atoms. The summed E-state index contributed by atoms with van der Waals surface area (Å²) in [5, 5.41) is 12.2. The van der Waals surface area contributed by atoms with Gasteiger partial charge in [0, 0.05) is 5.75 Å². The summed E-state index contributed by atoms with van der Waals surface area (Å²) in [7, 11) is 0. The number of thioether (sulfide) groups is 1. The van der Waals surface area contributed by atoms with Gasteiger partial charge in [0.1, 0.15) is 12.6 Å². The number of benzene rings is 2. The fraction of sp³-hybridized carbons (Fsp3) is 0.350. The van der Waals surface area contributed by atoms with Crippen molar-refractivity contribution >= 4 is 17.7 Å². The van der Waals surface area contributed by atoms with Crippen LogP contribution in [0, 0.1) is 6.92 Å². The second-order valence-electron chi connectivity index (χ2n) is 6.13. The number of nitrogens with one attached hydrogen (secondary N) is 1. The zero-order valence-electron chi connectivity index (χ0n) is 14.9. The van der Waals surface area contributed by atoms with Gasteiger partial charge in [0.2, 0.25) is 0 Å². The fourth-order valence-corrected chi connectivity index (χ4v) is 4.03. The zero-order chi connectivity index (χ0) is 18.5. The summed E-state index contributed by atoms with van der Waals surface area (Å²) < 4.78 is 11.7. The maximum atomic E-state index is 11.1. The lowest BCUT2D eigenvalue weighted by atomic mass is 10.1. The molecule has 138 valence electrons. The van der Waals surface area contributed by atoms with E-state index >= 15 is 0 Å². The Labute approximate surface area is 157 Å². The van der Waals surface area contributed by atoms with E-state index in [1.54, 1.807) is 11.8 Å². The fourth-order valence-electron chi connectivity index (χ4n) is 2.81. The number of carbonyl (C=O) groups is 1. The van der Waals surface area contributed by atoms with Gasteiger partial charge in [-0.3, -0.25) is 10.1 Å². The van der Waals surface area contributed by atoms with Gasteiger partial charge in [0.15, 0.2) is 11.5 Å². The van der Waals surface area contributed by atoms with Crippen molar-refractivity contribution < 1.29 is 19.4 Å². The average molecular weight is 373 g/mol. The first-order valence-electron chi connectivity index (χ1n) is 8.63. The van der Waals surface area contributed by atoms with Crippen molar-refractivity contribution in [1.82, 2.24) is 5.32 Å². The molecule has 2 N–H and O–H groups in total. The molecule has 6 heteroatoms. The third kappa shape index (κ3) is 4.31. The minimum atomic E-state index is -0.816. The summed E-state index contributed by atoms with van der Waals surface area (Å²) in [6.07, 6.45) is 0. The average Bonchev–Trinajstić information content (AvgIpc) is 3.12. The number of ether oxygens (including phenoxy) is 2. The number of carboxylic acids is 1. The molecule has 2 unspecified atom stereocenters. The molecule has 2 aromatic rings. The van der Waals surface area contributed by atoms with Crippen molar-refractivity contribution in [3.63, 3.8) is 0 Å². The van der Waals surface area contributed by atoms with Crippen molar-refractivity contribution in [2.45, 2.75) is 31.9 Å². The number of carboxylic acid groups (broad SMARTS) is 1. The molecule has 3 rings (SSSR count). The van der Waals surface area contributed by atoms with Gasteiger partial charge in [-0.25, -0.2) is 0 Å². The van der Waals surface area contributed by atoms with Gasteiger partial charge in [-0.05, 0) is 42.7 Å². The first-order valence-corrected chi connectivity index (χ1v) is 9.68. The van der Waals surface area contributed by atoms with Crippen LogP contribution in [-0.4, -0.2) is 29.5 Å². The van der Waals surface area contributed by atoms with Gasteiger partial charge >= 0.3 is 5.97 Å². The van der Waals surface area contributed by atoms with E-state index in [2.05, 4.69) is 24.4 Å². The molecule has 26 heavy (non-hydrogen) atoms. The Bertz CT molecular complexity index is 780. The van der Waals surface area contributed by atoms with Crippen molar-refractivity contribution in [3.05, 3.63) is 59.2 Å². The normalized spacial score (nSPS) is 19.3. The summed E-state index contributed by atoms with van der Waals surface area (Å²) in [5.41, 5.74) is 3.31. The number of rotatable bonds is 7. The summed E-state index contributed by atoms with van der Waals surface area (Å²) >= 11 is 1.59. The lowest BCUT2D eigenvalue weighted by Gasteiger charge is -2.17. The Hall–Kier alpha value is -2.18. The highest BCUT2D eigenvalue weighted by Gasteiger charge is 2.30. The molecule has 1 fully saturated rings. The molecule has 1 saturated heterocycles. The maximum Gasteiger partial charge on any atom is 0.321 e. The van der Waals surface area contributed by atoms with Gasteiger partial charge in [-0.1, -0.05) is 30.3 Å². The molecule has 5 nitrogen and oxygen atoms in total. The monoisotopic (exact) mass is 373 g/mol. The second kappa shape index (κ2) is 8.47. The SMILES string of the molecule is CCOc1cc(C2NC(C(=O)O)CS2)ccc1OCc1ccccc1C. The predicted octanol–water partition coefficient (Wildman–Crippen LogP) is 3.76. The molecule has 0 aliphatic carbocycles. The van der Waals surface area contributed by atoms with E-state index in [0.717, 1.165) is 11.1 Å². The van der Waals surface area contributed by atoms with Crippen molar-refractivity contribution in [1.29, 1.82) is 0 Å². The van der Waals surface area contributed by atoms with Crippen LogP contribution in [-0.2, 0) is 11.4 Å². The molecule has 0 aromatic heterocycles. The summed E-state index contributed by atoms with van der Waals surface area (Å²) in [6, 6.07) is 13.4. The highest BCUT2D eigenvalue weighted by molar-refractivity contribution is 7.99. The molecule has 0 saturated carbocycles. The highest BCUT2D eigenvalue weighted by Crippen LogP contribution is 2.38. The van der Waals surface area contributed by atoms with Gasteiger partial charge in [-0.15, -0.1) is 11.8 Å². The van der Waals surface area contributed by atoms with Gasteiger partial charge in [0.05, 0.1) is 12.0 Å². The Balaban J connectivity index is 1.74. The van der Waals surface area contributed by atoms with E-state index in [-0.39, 0.29) is 5.37 Å². The predicted molar refractivity (Wildman–Crippen MR) is 103 cm³/mol. The van der Waals surface area contributed by atoms with Crippen LogP contribution < -0.4 is 14.8 Å². The van der Waals surface area contributed by atoms with Crippen LogP contribution in [0.15, 0.2) is 42.5 Å². The first kappa shape index (κ1) is 18.6. The number of hydrogen-bond acceptors (Lipinski definition) is 5. The highest BCUT2D eigenvalue weighted by atomic mass is 32.2. The number of hydrogen-bond donors (Lipinski definition) is 2. The van der Waals surface area contributed by atoms with E-state index in [0.29, 0.717) is 30.5 Å². The van der Waals surface area contributed by atoms with Gasteiger partial charge < -0.3 is 14.6 Å². The Morgan fingerprint density at radius 1 is 1.23 bits per heavy atom. The second-order valence-corrected chi connectivity index (χ2v) is 7.26. The Morgan fingerprint density at radius 3 is 2.73 bits per heavy atom. The topological polar surface area (TPSA) is 67.8 Å². The molecular formula is C20H23NO4S. The van der Waals surface area contributed by atoms with E-state index in [4.69, 9.17) is 14.6 Å². The quantitative estimate of drug-likeness (QED) is 0.770. The minimum absolute atomic E-state index is 0.0549. The third-order valence-electron chi connectivity index (χ3n) is 4.30. The number of aryl methyl sites for hydroxylation is 1. The molecule has 1 aliphatic heterocycles. The first-order chi connectivity index (χ1) is 12.6. The summed E-state index contributed by atoms with van der Waals surface area (Å²) in [6.45, 7) is 5.00. The minimum Gasteiger partial charge on any atom is -0.490 e. The standard InChI is InChI=1S/C20H23NO4S/c1-3-24-18-10-14(19-21-16(12-26-19)20(22)23)8-9-17(18)25-11-15-7-5-4-6-13(15)2/h4-10,16,19,21H,3,11-12H2,1-2H3,(H,22,23). The molecule has 0 amide bonds. The smallest absolute Gasteiger partial charge is 0.321 e. The molecule has 2 aromatic carbocycles. The van der Waals surface area contributed by atoms with Crippen LogP contribution in [0.5, 0.6) is 11.5 Å². The van der Waals surface area contributed by atoms with Gasteiger partial charge in [-0.2, -0.15) is 0 Å². The molecule has 1 heterocycles. The van der Waals surface area contributed by atoms with Crippen LogP contribution in [0.3, 0.4) is 0 Å². The van der Waals surface area contributed by atoms with Crippen molar-refractivity contribution in [3.8, 4) is 11.5 Å². The molecule has 0 radical (unpaired) electrons. The van der Waals surface area contributed by atoms with Crippen LogP contribution >= 0.6 is 11.8 Å². The lowest BCUT2D eigenvalue weighted by molar-refractivity contribution is -0.138. The van der Waals surface area contributed by atoms with Crippen molar-refractivity contribution in [2.75, 3.05) is 12.4 Å². The van der Waals surface area contributed by atoms with Crippen molar-refractivity contribution in [2.24, 2.45) is 0 Å². The third-order valence-corrected chi connectivity index (χ3v) is 5.56. The van der Waals surface area contributed by atoms with Crippen LogP contribution in [0.25, 0.3) is 0 Å². The Morgan fingerprint density at radius 2 is 2.04 bits per heavy atom. The molecule has 2 atom stereocenters. The Kier molecular flexibility index (Phi) is 6.06. The van der Waals surface area contributed by atoms with Crippen LogP contribution in [0.2, 0.25) is 0 Å². The van der Waals surface area contributed by atoms with Crippen LogP contribution in [0.1, 0.15) is 29.0 Å².